The molecule has 0 saturated carbocycles. The first-order valence-corrected chi connectivity index (χ1v) is 11.4. The van der Waals surface area contributed by atoms with E-state index < -0.39 is 0 Å². The molecule has 0 fully saturated rings. The average molecular weight is 399 g/mol. The first kappa shape index (κ1) is 19.3. The number of nitrogens with zero attached hydrogens (tertiary/aromatic N) is 3. The second-order valence-corrected chi connectivity index (χ2v) is 8.53. The molecular weight excluding hydrogens is 368 g/mol. The van der Waals surface area contributed by atoms with Crippen LogP contribution in [0.5, 0.6) is 0 Å². The molecule has 0 radical (unpaired) electrons. The van der Waals surface area contributed by atoms with Gasteiger partial charge in [0.2, 0.25) is 0 Å². The number of rotatable bonds is 7. The lowest BCUT2D eigenvalue weighted by Crippen LogP contribution is -2.33. The van der Waals surface area contributed by atoms with Gasteiger partial charge in [0.25, 0.3) is 0 Å². The van der Waals surface area contributed by atoms with Crippen molar-refractivity contribution in [2.24, 2.45) is 0 Å². The molecule has 0 aliphatic heterocycles. The minimum Gasteiger partial charge on any atom is -0.353 e. The lowest BCUT2D eigenvalue weighted by atomic mass is 9.90. The molecule has 0 saturated heterocycles. The van der Waals surface area contributed by atoms with Crippen LogP contribution in [0.3, 0.4) is 0 Å². The molecule has 4 heteroatoms. The van der Waals surface area contributed by atoms with Crippen molar-refractivity contribution >= 4 is 21.8 Å². The zero-order valence-corrected chi connectivity index (χ0v) is 17.8. The van der Waals surface area contributed by atoms with Gasteiger partial charge in [0, 0.05) is 29.0 Å². The third-order valence-corrected chi connectivity index (χ3v) is 6.47. The largest absolute Gasteiger partial charge is 0.353 e. The Morgan fingerprint density at radius 3 is 2.90 bits per heavy atom. The number of fused-ring (bicyclic) bond motifs is 4. The first-order chi connectivity index (χ1) is 14.8. The fourth-order valence-corrected chi connectivity index (χ4v) is 4.94. The Morgan fingerprint density at radius 2 is 1.97 bits per heavy atom. The molecule has 5 rings (SSSR count). The van der Waals surface area contributed by atoms with E-state index in [9.17, 15) is 0 Å². The Balaban J connectivity index is 1.47. The van der Waals surface area contributed by atoms with Crippen molar-refractivity contribution in [3.05, 3.63) is 71.8 Å². The van der Waals surface area contributed by atoms with Gasteiger partial charge < -0.3 is 4.98 Å². The van der Waals surface area contributed by atoms with Gasteiger partial charge in [-0.1, -0.05) is 44.0 Å². The number of benzene rings is 1. The molecule has 3 aromatic heterocycles. The van der Waals surface area contributed by atoms with Gasteiger partial charge in [0.05, 0.1) is 29.1 Å². The summed E-state index contributed by atoms with van der Waals surface area (Å²) in [5, 5.41) is 2.55. The van der Waals surface area contributed by atoms with Gasteiger partial charge in [-0.05, 0) is 56.0 Å². The van der Waals surface area contributed by atoms with Gasteiger partial charge in [-0.3, -0.25) is 14.9 Å². The van der Waals surface area contributed by atoms with Crippen molar-refractivity contribution in [1.29, 1.82) is 0 Å². The van der Waals surface area contributed by atoms with Crippen LogP contribution in [0.15, 0.2) is 54.9 Å². The van der Waals surface area contributed by atoms with Crippen LogP contribution in [-0.4, -0.2) is 26.4 Å². The van der Waals surface area contributed by atoms with E-state index in [1.54, 1.807) is 0 Å². The summed E-state index contributed by atoms with van der Waals surface area (Å²) in [6.07, 6.45) is 11.3. The predicted molar refractivity (Wildman–Crippen MR) is 123 cm³/mol. The number of pyridine rings is 2. The van der Waals surface area contributed by atoms with Gasteiger partial charge in [0.15, 0.2) is 0 Å². The zero-order valence-electron chi connectivity index (χ0n) is 17.8. The van der Waals surface area contributed by atoms with Crippen LogP contribution >= 0.6 is 0 Å². The summed E-state index contributed by atoms with van der Waals surface area (Å²) in [7, 11) is 0. The summed E-state index contributed by atoms with van der Waals surface area (Å²) in [4.78, 5) is 15.8. The molecule has 4 nitrogen and oxygen atoms in total. The minimum atomic E-state index is 0.396. The summed E-state index contributed by atoms with van der Waals surface area (Å²) in [5.41, 5.74) is 6.15. The van der Waals surface area contributed by atoms with E-state index in [2.05, 4.69) is 59.3 Å². The lowest BCUT2D eigenvalue weighted by molar-refractivity contribution is 0.160. The molecule has 1 aliphatic rings. The number of unbranched alkanes of at least 4 members (excludes halogenated alkanes) is 2. The summed E-state index contributed by atoms with van der Waals surface area (Å²) in [5.74, 6) is 0. The molecule has 0 spiro atoms. The standard InChI is InChI=1S/C26H30N4/c1-2-3-6-15-30(25-13-7-9-19-10-8-14-27-26(19)25)18-20-16-22-21-11-4-5-12-23(21)29-24(22)17-28-20/h4-5,8,10-12,14,16-17,25,29H,2-3,6-7,9,13,15,18H2,1H3. The Bertz CT molecular complexity index is 1150. The average Bonchev–Trinajstić information content (AvgIpc) is 3.16. The molecular formula is C26H30N4. The maximum atomic E-state index is 4.83. The molecule has 0 amide bonds. The van der Waals surface area contributed by atoms with Gasteiger partial charge in [0.1, 0.15) is 0 Å². The van der Waals surface area contributed by atoms with E-state index in [0.29, 0.717) is 6.04 Å². The third kappa shape index (κ3) is 3.72. The Kier molecular flexibility index (Phi) is 5.50. The van der Waals surface area contributed by atoms with Gasteiger partial charge >= 0.3 is 0 Å². The molecule has 3 heterocycles. The molecule has 0 bridgehead atoms. The molecule has 1 aromatic carbocycles. The highest BCUT2D eigenvalue weighted by atomic mass is 15.2. The van der Waals surface area contributed by atoms with Crippen molar-refractivity contribution < 1.29 is 0 Å². The topological polar surface area (TPSA) is 44.8 Å². The lowest BCUT2D eigenvalue weighted by Gasteiger charge is -2.35. The predicted octanol–water partition coefficient (Wildman–Crippen LogP) is 6.18. The van der Waals surface area contributed by atoms with Crippen molar-refractivity contribution in [2.45, 2.75) is 58.0 Å². The number of aromatic nitrogens is 3. The van der Waals surface area contributed by atoms with E-state index in [4.69, 9.17) is 9.97 Å². The fourth-order valence-electron chi connectivity index (χ4n) is 4.94. The van der Waals surface area contributed by atoms with E-state index in [1.165, 1.54) is 59.7 Å². The number of H-pyrrole nitrogens is 1. The zero-order chi connectivity index (χ0) is 20.3. The number of hydrogen-bond acceptors (Lipinski definition) is 3. The Hall–Kier alpha value is -2.72. The smallest absolute Gasteiger partial charge is 0.0651 e. The quantitative estimate of drug-likeness (QED) is 0.378. The molecule has 154 valence electrons. The van der Waals surface area contributed by atoms with Crippen LogP contribution in [0.25, 0.3) is 21.8 Å². The Labute approximate surface area is 178 Å². The SMILES string of the molecule is CCCCCN(Cc1cc2c(cn1)[nH]c1ccccc12)C1CCCc2cccnc21. The van der Waals surface area contributed by atoms with E-state index in [-0.39, 0.29) is 0 Å². The van der Waals surface area contributed by atoms with E-state index >= 15 is 0 Å². The molecule has 4 aromatic rings. The van der Waals surface area contributed by atoms with Crippen molar-refractivity contribution in [2.75, 3.05) is 6.54 Å². The highest BCUT2D eigenvalue weighted by molar-refractivity contribution is 6.06. The van der Waals surface area contributed by atoms with Crippen LogP contribution in [0.4, 0.5) is 0 Å². The summed E-state index contributed by atoms with van der Waals surface area (Å²) in [6, 6.07) is 15.5. The van der Waals surface area contributed by atoms with Crippen LogP contribution in [-0.2, 0) is 13.0 Å². The van der Waals surface area contributed by atoms with Crippen LogP contribution in [0.2, 0.25) is 0 Å². The van der Waals surface area contributed by atoms with Crippen molar-refractivity contribution in [3.63, 3.8) is 0 Å². The summed E-state index contributed by atoms with van der Waals surface area (Å²) in [6.45, 7) is 4.25. The maximum Gasteiger partial charge on any atom is 0.0651 e. The number of aromatic amines is 1. The maximum absolute atomic E-state index is 4.83. The molecule has 30 heavy (non-hydrogen) atoms. The van der Waals surface area contributed by atoms with Crippen LogP contribution in [0.1, 0.15) is 62.0 Å². The van der Waals surface area contributed by atoms with Crippen LogP contribution in [0, 0.1) is 0 Å². The van der Waals surface area contributed by atoms with Gasteiger partial charge in [-0.25, -0.2) is 0 Å². The third-order valence-electron chi connectivity index (χ3n) is 6.47. The summed E-state index contributed by atoms with van der Waals surface area (Å²) < 4.78 is 0. The second-order valence-electron chi connectivity index (χ2n) is 8.53. The fraction of sp³-hybridized carbons (Fsp3) is 0.385. The highest BCUT2D eigenvalue weighted by Gasteiger charge is 2.27. The first-order valence-electron chi connectivity index (χ1n) is 11.4. The molecule has 1 aliphatic carbocycles. The Morgan fingerprint density at radius 1 is 1.03 bits per heavy atom. The van der Waals surface area contributed by atoms with Crippen LogP contribution < -0.4 is 0 Å². The van der Waals surface area contributed by atoms with Gasteiger partial charge in [-0.2, -0.15) is 0 Å². The number of para-hydroxylation sites is 1. The minimum absolute atomic E-state index is 0.396. The molecule has 1 atom stereocenters. The normalized spacial score (nSPS) is 16.4. The van der Waals surface area contributed by atoms with E-state index in [1.807, 2.05) is 12.4 Å². The highest BCUT2D eigenvalue weighted by Crippen LogP contribution is 2.34. The molecule has 1 N–H and O–H groups in total. The number of nitrogens with one attached hydrogen (secondary N) is 1. The summed E-state index contributed by atoms with van der Waals surface area (Å²) >= 11 is 0. The monoisotopic (exact) mass is 398 g/mol. The van der Waals surface area contributed by atoms with Crippen molar-refractivity contribution in [3.8, 4) is 0 Å². The number of hydrogen-bond donors (Lipinski definition) is 1. The number of aryl methyl sites for hydroxylation is 1. The second kappa shape index (κ2) is 8.57. The molecule has 1 unspecified atom stereocenters. The van der Waals surface area contributed by atoms with Gasteiger partial charge in [-0.15, -0.1) is 0 Å². The van der Waals surface area contributed by atoms with Crippen molar-refractivity contribution in [1.82, 2.24) is 19.9 Å². The van der Waals surface area contributed by atoms with E-state index in [0.717, 1.165) is 30.7 Å².